The summed E-state index contributed by atoms with van der Waals surface area (Å²) < 4.78 is 10.3. The lowest BCUT2D eigenvalue weighted by atomic mass is 9.97. The number of amides is 1. The van der Waals surface area contributed by atoms with Crippen molar-refractivity contribution in [1.82, 2.24) is 15.8 Å². The van der Waals surface area contributed by atoms with E-state index in [1.165, 1.54) is 5.01 Å². The van der Waals surface area contributed by atoms with Crippen LogP contribution in [0.1, 0.15) is 24.8 Å². The number of fused-ring (bicyclic) bond motifs is 1. The Hall–Kier alpha value is -2.38. The van der Waals surface area contributed by atoms with Crippen molar-refractivity contribution in [2.24, 2.45) is 0 Å². The van der Waals surface area contributed by atoms with Crippen LogP contribution >= 0.6 is 12.2 Å². The lowest BCUT2D eigenvalue weighted by molar-refractivity contribution is -0.125. The second-order valence-electron chi connectivity index (χ2n) is 6.31. The van der Waals surface area contributed by atoms with Gasteiger partial charge in [0, 0.05) is 27.3 Å². The van der Waals surface area contributed by atoms with Crippen LogP contribution < -0.4 is 15.5 Å². The standard InChI is InChI=1S/C20H27N3O3S/c1-14(19(24)22-23(2)20(27)21-10-5-11-25-3)15-6-7-17-13-18(26-4)9-8-16(17)12-15/h6-9,12-14H,5,10-11H2,1-4H3,(H,21,27)(H,22,24)/t14-/m0/s1. The number of hydrazine groups is 1. The van der Waals surface area contributed by atoms with Crippen molar-refractivity contribution in [3.8, 4) is 5.75 Å². The third kappa shape index (κ3) is 5.80. The fourth-order valence-corrected chi connectivity index (χ4v) is 2.78. The second-order valence-corrected chi connectivity index (χ2v) is 6.69. The highest BCUT2D eigenvalue weighted by Gasteiger charge is 2.18. The van der Waals surface area contributed by atoms with Crippen molar-refractivity contribution in [1.29, 1.82) is 0 Å². The first-order valence-electron chi connectivity index (χ1n) is 8.85. The number of nitrogens with zero attached hydrogens (tertiary/aromatic N) is 1. The highest BCUT2D eigenvalue weighted by molar-refractivity contribution is 7.80. The number of thiocarbonyl (C=S) groups is 1. The van der Waals surface area contributed by atoms with E-state index in [2.05, 4.69) is 10.7 Å². The van der Waals surface area contributed by atoms with Gasteiger partial charge in [0.25, 0.3) is 0 Å². The van der Waals surface area contributed by atoms with Gasteiger partial charge in [-0.05, 0) is 54.0 Å². The van der Waals surface area contributed by atoms with Crippen molar-refractivity contribution in [3.63, 3.8) is 0 Å². The number of ether oxygens (including phenoxy) is 2. The normalized spacial score (nSPS) is 11.7. The Morgan fingerprint density at radius 3 is 2.59 bits per heavy atom. The van der Waals surface area contributed by atoms with Crippen LogP contribution in [0, 0.1) is 0 Å². The van der Waals surface area contributed by atoms with Crippen LogP contribution in [0.5, 0.6) is 5.75 Å². The quantitative estimate of drug-likeness (QED) is 0.431. The number of methoxy groups -OCH3 is 2. The van der Waals surface area contributed by atoms with Gasteiger partial charge in [-0.3, -0.25) is 15.2 Å². The minimum absolute atomic E-state index is 0.119. The highest BCUT2D eigenvalue weighted by atomic mass is 32.1. The van der Waals surface area contributed by atoms with Crippen LogP contribution in [0.15, 0.2) is 36.4 Å². The molecule has 27 heavy (non-hydrogen) atoms. The van der Waals surface area contributed by atoms with Gasteiger partial charge in [0.05, 0.1) is 13.0 Å². The van der Waals surface area contributed by atoms with Gasteiger partial charge in [-0.1, -0.05) is 24.3 Å². The van der Waals surface area contributed by atoms with E-state index >= 15 is 0 Å². The summed E-state index contributed by atoms with van der Waals surface area (Å²) in [6.07, 6.45) is 0.844. The van der Waals surface area contributed by atoms with Gasteiger partial charge in [0.2, 0.25) is 5.91 Å². The Bertz CT molecular complexity index is 797. The number of rotatable bonds is 7. The maximum atomic E-state index is 12.6. The molecule has 1 amide bonds. The third-order valence-corrected chi connectivity index (χ3v) is 4.77. The van der Waals surface area contributed by atoms with E-state index in [-0.39, 0.29) is 11.8 Å². The van der Waals surface area contributed by atoms with Gasteiger partial charge < -0.3 is 14.8 Å². The van der Waals surface area contributed by atoms with Crippen molar-refractivity contribution in [2.75, 3.05) is 34.4 Å². The predicted molar refractivity (Wildman–Crippen MR) is 112 cm³/mol. The van der Waals surface area contributed by atoms with Gasteiger partial charge in [-0.15, -0.1) is 0 Å². The third-order valence-electron chi connectivity index (χ3n) is 4.35. The maximum Gasteiger partial charge on any atom is 0.245 e. The lowest BCUT2D eigenvalue weighted by Crippen LogP contribution is -2.49. The minimum atomic E-state index is -0.310. The number of hydrogen-bond acceptors (Lipinski definition) is 4. The van der Waals surface area contributed by atoms with Gasteiger partial charge in [0.15, 0.2) is 5.11 Å². The number of hydrogen-bond donors (Lipinski definition) is 2. The highest BCUT2D eigenvalue weighted by Crippen LogP contribution is 2.25. The molecular formula is C20H27N3O3S. The van der Waals surface area contributed by atoms with E-state index in [0.29, 0.717) is 18.3 Å². The van der Waals surface area contributed by atoms with Gasteiger partial charge in [0.1, 0.15) is 5.75 Å². The Labute approximate surface area is 165 Å². The number of carbonyl (C=O) groups is 1. The minimum Gasteiger partial charge on any atom is -0.497 e. The molecule has 0 aliphatic rings. The summed E-state index contributed by atoms with van der Waals surface area (Å²) in [6, 6.07) is 11.9. The molecule has 0 unspecified atom stereocenters. The average molecular weight is 390 g/mol. The molecule has 0 saturated heterocycles. The molecule has 0 radical (unpaired) electrons. The molecule has 2 N–H and O–H groups in total. The first kappa shape index (κ1) is 20.9. The van der Waals surface area contributed by atoms with Crippen LogP contribution in [0.3, 0.4) is 0 Å². The van der Waals surface area contributed by atoms with Crippen LogP contribution in [-0.4, -0.2) is 50.4 Å². The lowest BCUT2D eigenvalue weighted by Gasteiger charge is -2.24. The predicted octanol–water partition coefficient (Wildman–Crippen LogP) is 2.83. The van der Waals surface area contributed by atoms with Crippen LogP contribution in [-0.2, 0) is 9.53 Å². The Morgan fingerprint density at radius 1 is 1.19 bits per heavy atom. The summed E-state index contributed by atoms with van der Waals surface area (Å²) in [6.45, 7) is 3.23. The summed E-state index contributed by atoms with van der Waals surface area (Å²) in [7, 11) is 5.04. The van der Waals surface area contributed by atoms with Crippen molar-refractivity contribution >= 4 is 34.0 Å². The molecule has 6 nitrogen and oxygen atoms in total. The Morgan fingerprint density at radius 2 is 1.89 bits per heavy atom. The molecule has 1 atom stereocenters. The largest absolute Gasteiger partial charge is 0.497 e. The molecule has 0 spiro atoms. The van der Waals surface area contributed by atoms with Crippen molar-refractivity contribution < 1.29 is 14.3 Å². The molecule has 0 aliphatic carbocycles. The molecule has 7 heteroatoms. The zero-order valence-corrected chi connectivity index (χ0v) is 17.1. The molecule has 0 aliphatic heterocycles. The Kier molecular flexibility index (Phi) is 7.82. The fourth-order valence-electron chi connectivity index (χ4n) is 2.63. The van der Waals surface area contributed by atoms with Gasteiger partial charge >= 0.3 is 0 Å². The zero-order valence-electron chi connectivity index (χ0n) is 16.2. The molecule has 146 valence electrons. The van der Waals surface area contributed by atoms with E-state index in [1.54, 1.807) is 21.3 Å². The molecule has 2 aromatic rings. The molecule has 0 saturated carbocycles. The average Bonchev–Trinajstić information content (AvgIpc) is 2.69. The fraction of sp³-hybridized carbons (Fsp3) is 0.400. The van der Waals surface area contributed by atoms with Gasteiger partial charge in [-0.25, -0.2) is 0 Å². The molecule has 2 aromatic carbocycles. The molecular weight excluding hydrogens is 362 g/mol. The van der Waals surface area contributed by atoms with Crippen molar-refractivity contribution in [3.05, 3.63) is 42.0 Å². The molecule has 0 heterocycles. The number of benzene rings is 2. The Balaban J connectivity index is 1.97. The van der Waals surface area contributed by atoms with E-state index < -0.39 is 0 Å². The summed E-state index contributed by atoms with van der Waals surface area (Å²) in [4.78, 5) is 12.6. The maximum absolute atomic E-state index is 12.6. The molecule has 2 rings (SSSR count). The SMILES string of the molecule is COCCCNC(=S)N(C)NC(=O)[C@@H](C)c1ccc2cc(OC)ccc2c1. The van der Waals surface area contributed by atoms with Crippen LogP contribution in [0.25, 0.3) is 10.8 Å². The monoisotopic (exact) mass is 389 g/mol. The van der Waals surface area contributed by atoms with E-state index in [1.807, 2.05) is 43.3 Å². The first-order valence-corrected chi connectivity index (χ1v) is 9.25. The van der Waals surface area contributed by atoms with Gasteiger partial charge in [-0.2, -0.15) is 0 Å². The topological polar surface area (TPSA) is 62.8 Å². The number of nitrogens with one attached hydrogen (secondary N) is 2. The summed E-state index contributed by atoms with van der Waals surface area (Å²) in [5.74, 6) is 0.385. The van der Waals surface area contributed by atoms with Crippen LogP contribution in [0.4, 0.5) is 0 Å². The van der Waals surface area contributed by atoms with E-state index in [4.69, 9.17) is 21.7 Å². The van der Waals surface area contributed by atoms with Crippen LogP contribution in [0.2, 0.25) is 0 Å². The van der Waals surface area contributed by atoms with E-state index in [0.717, 1.165) is 28.5 Å². The van der Waals surface area contributed by atoms with Crippen molar-refractivity contribution in [2.45, 2.75) is 19.3 Å². The summed E-state index contributed by atoms with van der Waals surface area (Å²) >= 11 is 5.28. The molecule has 0 aromatic heterocycles. The summed E-state index contributed by atoms with van der Waals surface area (Å²) in [5, 5.41) is 7.23. The summed E-state index contributed by atoms with van der Waals surface area (Å²) in [5.41, 5.74) is 3.77. The zero-order chi connectivity index (χ0) is 19.8. The molecule has 0 fully saturated rings. The second kappa shape index (κ2) is 10.1. The van der Waals surface area contributed by atoms with E-state index in [9.17, 15) is 4.79 Å². The first-order chi connectivity index (χ1) is 13.0. The smallest absolute Gasteiger partial charge is 0.245 e. The molecule has 0 bridgehead atoms. The number of carbonyl (C=O) groups excluding carboxylic acids is 1.